The van der Waals surface area contributed by atoms with Gasteiger partial charge in [-0.25, -0.2) is 4.39 Å². The Morgan fingerprint density at radius 2 is 2.28 bits per heavy atom. The molecule has 0 radical (unpaired) electrons. The largest absolute Gasteiger partial charge is 0.382 e. The van der Waals surface area contributed by atoms with Crippen LogP contribution in [0.3, 0.4) is 0 Å². The zero-order valence-electron chi connectivity index (χ0n) is 9.85. The molecule has 2 rings (SSSR count). The molecule has 0 aliphatic heterocycles. The van der Waals surface area contributed by atoms with E-state index < -0.39 is 0 Å². The second-order valence-corrected chi connectivity index (χ2v) is 4.00. The van der Waals surface area contributed by atoms with Crippen molar-refractivity contribution in [3.05, 3.63) is 41.8 Å². The van der Waals surface area contributed by atoms with Crippen LogP contribution >= 0.6 is 0 Å². The number of carbonyl (C=O) groups is 1. The number of carbonyl (C=O) groups excluding carboxylic acids is 1. The summed E-state index contributed by atoms with van der Waals surface area (Å²) < 4.78 is 14.5. The molecule has 0 fully saturated rings. The number of aryl methyl sites for hydroxylation is 1. The number of hydrogen-bond donors (Lipinski definition) is 2. The Labute approximate surface area is 103 Å². The van der Waals surface area contributed by atoms with Crippen molar-refractivity contribution in [2.24, 2.45) is 0 Å². The standard InChI is InChI=1S/C12H13FN4O/c1-8-4-9(13)6-10(5-8)15-12(18)7-17-3-2-11(14)16-17/h2-6H,7H2,1H3,(H2,14,16)(H,15,18). The summed E-state index contributed by atoms with van der Waals surface area (Å²) in [5.41, 5.74) is 6.61. The van der Waals surface area contributed by atoms with E-state index in [0.29, 0.717) is 11.5 Å². The highest BCUT2D eigenvalue weighted by atomic mass is 19.1. The van der Waals surface area contributed by atoms with Gasteiger partial charge in [0.1, 0.15) is 18.2 Å². The maximum atomic E-state index is 13.1. The van der Waals surface area contributed by atoms with Crippen molar-refractivity contribution < 1.29 is 9.18 Å². The molecular weight excluding hydrogens is 235 g/mol. The molecule has 6 heteroatoms. The first-order valence-corrected chi connectivity index (χ1v) is 5.39. The smallest absolute Gasteiger partial charge is 0.246 e. The van der Waals surface area contributed by atoms with Gasteiger partial charge in [-0.2, -0.15) is 5.10 Å². The summed E-state index contributed by atoms with van der Waals surface area (Å²) in [5, 5.41) is 6.49. The molecule has 0 spiro atoms. The van der Waals surface area contributed by atoms with Gasteiger partial charge in [0, 0.05) is 11.9 Å². The number of nitrogen functional groups attached to an aromatic ring is 1. The lowest BCUT2D eigenvalue weighted by Gasteiger charge is -2.06. The van der Waals surface area contributed by atoms with E-state index >= 15 is 0 Å². The molecule has 1 aromatic heterocycles. The summed E-state index contributed by atoms with van der Waals surface area (Å²) in [5.74, 6) is -0.318. The summed E-state index contributed by atoms with van der Waals surface area (Å²) in [7, 11) is 0. The van der Waals surface area contributed by atoms with Crippen LogP contribution in [0.4, 0.5) is 15.9 Å². The number of amides is 1. The van der Waals surface area contributed by atoms with E-state index in [1.165, 1.54) is 16.8 Å². The van der Waals surface area contributed by atoms with Crippen LogP contribution in [0.25, 0.3) is 0 Å². The number of nitrogens with zero attached hydrogens (tertiary/aromatic N) is 2. The number of rotatable bonds is 3. The van der Waals surface area contributed by atoms with Crippen LogP contribution in [0.2, 0.25) is 0 Å². The van der Waals surface area contributed by atoms with Gasteiger partial charge in [0.25, 0.3) is 0 Å². The van der Waals surface area contributed by atoms with E-state index in [2.05, 4.69) is 10.4 Å². The van der Waals surface area contributed by atoms with Crippen LogP contribution in [-0.2, 0) is 11.3 Å². The second kappa shape index (κ2) is 4.87. The third-order valence-electron chi connectivity index (χ3n) is 2.29. The van der Waals surface area contributed by atoms with Gasteiger partial charge in [0.05, 0.1) is 0 Å². The van der Waals surface area contributed by atoms with Gasteiger partial charge in [-0.15, -0.1) is 0 Å². The second-order valence-electron chi connectivity index (χ2n) is 4.00. The lowest BCUT2D eigenvalue weighted by Crippen LogP contribution is -2.19. The molecule has 1 amide bonds. The maximum Gasteiger partial charge on any atom is 0.246 e. The summed E-state index contributed by atoms with van der Waals surface area (Å²) in [6.07, 6.45) is 1.60. The molecule has 94 valence electrons. The Morgan fingerprint density at radius 3 is 2.89 bits per heavy atom. The van der Waals surface area contributed by atoms with Gasteiger partial charge in [-0.1, -0.05) is 0 Å². The average molecular weight is 248 g/mol. The predicted octanol–water partition coefficient (Wildman–Crippen LogP) is 1.55. The minimum absolute atomic E-state index is 0.0345. The molecule has 1 aromatic carbocycles. The van der Waals surface area contributed by atoms with E-state index in [0.717, 1.165) is 5.56 Å². The first kappa shape index (κ1) is 12.1. The van der Waals surface area contributed by atoms with Gasteiger partial charge in [-0.3, -0.25) is 9.48 Å². The van der Waals surface area contributed by atoms with Crippen molar-refractivity contribution >= 4 is 17.4 Å². The van der Waals surface area contributed by atoms with Crippen LogP contribution in [-0.4, -0.2) is 15.7 Å². The number of benzene rings is 1. The first-order valence-electron chi connectivity index (χ1n) is 5.39. The van der Waals surface area contributed by atoms with Crippen molar-refractivity contribution in [2.45, 2.75) is 13.5 Å². The normalized spacial score (nSPS) is 10.3. The molecule has 1 heterocycles. The minimum Gasteiger partial charge on any atom is -0.382 e. The number of aromatic nitrogens is 2. The third kappa shape index (κ3) is 3.07. The third-order valence-corrected chi connectivity index (χ3v) is 2.29. The number of hydrogen-bond acceptors (Lipinski definition) is 3. The fourth-order valence-corrected chi connectivity index (χ4v) is 1.62. The molecule has 0 saturated carbocycles. The van der Waals surface area contributed by atoms with Crippen LogP contribution in [0, 0.1) is 12.7 Å². The lowest BCUT2D eigenvalue weighted by molar-refractivity contribution is -0.116. The van der Waals surface area contributed by atoms with Crippen molar-refractivity contribution in [2.75, 3.05) is 11.1 Å². The molecule has 2 aromatic rings. The predicted molar refractivity (Wildman–Crippen MR) is 66.4 cm³/mol. The number of halogens is 1. The monoisotopic (exact) mass is 248 g/mol. The van der Waals surface area contributed by atoms with E-state index in [4.69, 9.17) is 5.73 Å². The number of anilines is 2. The zero-order chi connectivity index (χ0) is 13.1. The van der Waals surface area contributed by atoms with Crippen molar-refractivity contribution in [3.63, 3.8) is 0 Å². The molecule has 0 atom stereocenters. The fourth-order valence-electron chi connectivity index (χ4n) is 1.62. The highest BCUT2D eigenvalue weighted by Crippen LogP contribution is 2.13. The van der Waals surface area contributed by atoms with Crippen molar-refractivity contribution in [3.8, 4) is 0 Å². The molecule has 0 bridgehead atoms. The molecule has 0 saturated heterocycles. The molecule has 3 N–H and O–H groups in total. The van der Waals surface area contributed by atoms with E-state index in [-0.39, 0.29) is 18.3 Å². The lowest BCUT2D eigenvalue weighted by atomic mass is 10.2. The van der Waals surface area contributed by atoms with Gasteiger partial charge in [0.2, 0.25) is 5.91 Å². The van der Waals surface area contributed by atoms with E-state index in [1.807, 2.05) is 0 Å². The average Bonchev–Trinajstić information content (AvgIpc) is 2.61. The van der Waals surface area contributed by atoms with E-state index in [9.17, 15) is 9.18 Å². The molecule has 0 aliphatic carbocycles. The SMILES string of the molecule is Cc1cc(F)cc(NC(=O)Cn2ccc(N)n2)c1. The fraction of sp³-hybridized carbons (Fsp3) is 0.167. The molecule has 0 aliphatic rings. The van der Waals surface area contributed by atoms with Crippen molar-refractivity contribution in [1.29, 1.82) is 0 Å². The van der Waals surface area contributed by atoms with Crippen LogP contribution in [0.1, 0.15) is 5.56 Å². The summed E-state index contributed by atoms with van der Waals surface area (Å²) in [4.78, 5) is 11.7. The van der Waals surface area contributed by atoms with Gasteiger partial charge >= 0.3 is 0 Å². The van der Waals surface area contributed by atoms with Crippen LogP contribution in [0.15, 0.2) is 30.5 Å². The Morgan fingerprint density at radius 1 is 1.50 bits per heavy atom. The molecular formula is C12H13FN4O. The van der Waals surface area contributed by atoms with Crippen LogP contribution < -0.4 is 11.1 Å². The van der Waals surface area contributed by atoms with Crippen molar-refractivity contribution in [1.82, 2.24) is 9.78 Å². The molecule has 0 unspecified atom stereocenters. The Bertz CT molecular complexity index is 559. The summed E-state index contributed by atoms with van der Waals surface area (Å²) >= 11 is 0. The van der Waals surface area contributed by atoms with E-state index in [1.54, 1.807) is 25.3 Å². The molecule has 5 nitrogen and oxygen atoms in total. The minimum atomic E-state index is -0.381. The number of nitrogens with two attached hydrogens (primary N) is 1. The highest BCUT2D eigenvalue weighted by molar-refractivity contribution is 5.90. The molecule has 18 heavy (non-hydrogen) atoms. The van der Waals surface area contributed by atoms with Crippen LogP contribution in [0.5, 0.6) is 0 Å². The first-order chi connectivity index (χ1) is 8.52. The zero-order valence-corrected chi connectivity index (χ0v) is 9.85. The van der Waals surface area contributed by atoms with Gasteiger partial charge in [0.15, 0.2) is 0 Å². The maximum absolute atomic E-state index is 13.1. The number of nitrogens with one attached hydrogen (secondary N) is 1. The summed E-state index contributed by atoms with van der Waals surface area (Å²) in [6, 6.07) is 5.95. The topological polar surface area (TPSA) is 72.9 Å². The van der Waals surface area contributed by atoms with Gasteiger partial charge in [-0.05, 0) is 36.8 Å². The summed E-state index contributed by atoms with van der Waals surface area (Å²) in [6.45, 7) is 1.79. The Kier molecular flexibility index (Phi) is 3.27. The Hall–Kier alpha value is -2.37. The highest BCUT2D eigenvalue weighted by Gasteiger charge is 2.06. The van der Waals surface area contributed by atoms with Gasteiger partial charge < -0.3 is 11.1 Å². The quantitative estimate of drug-likeness (QED) is 0.865. The Balaban J connectivity index is 2.02.